The fourth-order valence-corrected chi connectivity index (χ4v) is 4.21. The average molecular weight is 405 g/mol. The van der Waals surface area contributed by atoms with Crippen molar-refractivity contribution in [2.75, 3.05) is 18.5 Å². The van der Waals surface area contributed by atoms with Crippen molar-refractivity contribution in [3.05, 3.63) is 53.6 Å². The Labute approximate surface area is 167 Å². The summed E-state index contributed by atoms with van der Waals surface area (Å²) in [6.07, 6.45) is 1.73. The average Bonchev–Trinajstić information content (AvgIpc) is 2.71. The van der Waals surface area contributed by atoms with Crippen LogP contribution in [0.1, 0.15) is 42.6 Å². The number of amides is 1. The van der Waals surface area contributed by atoms with E-state index in [1.807, 2.05) is 13.8 Å². The molecule has 7 heteroatoms. The van der Waals surface area contributed by atoms with Crippen LogP contribution in [0.25, 0.3) is 0 Å². The number of carbonyl (C=O) groups is 1. The van der Waals surface area contributed by atoms with Crippen LogP contribution in [0.4, 0.5) is 5.69 Å². The first-order valence-corrected chi connectivity index (χ1v) is 10.7. The predicted molar refractivity (Wildman–Crippen MR) is 112 cm³/mol. The Balaban J connectivity index is 2.28. The second kappa shape index (κ2) is 9.10. The van der Waals surface area contributed by atoms with Gasteiger partial charge in [-0.1, -0.05) is 13.8 Å². The van der Waals surface area contributed by atoms with E-state index >= 15 is 0 Å². The lowest BCUT2D eigenvalue weighted by atomic mass is 10.1. The van der Waals surface area contributed by atoms with Gasteiger partial charge in [-0.2, -0.15) is 0 Å². The van der Waals surface area contributed by atoms with Gasteiger partial charge in [0.1, 0.15) is 5.75 Å². The molecule has 152 valence electrons. The Kier molecular flexibility index (Phi) is 7.07. The Hall–Kier alpha value is -2.54. The minimum atomic E-state index is -3.72. The Morgan fingerprint density at radius 1 is 1.11 bits per heavy atom. The lowest BCUT2D eigenvalue weighted by Gasteiger charge is -2.22. The van der Waals surface area contributed by atoms with Gasteiger partial charge in [-0.3, -0.25) is 9.10 Å². The molecular weight excluding hydrogens is 376 g/mol. The molecule has 2 aromatic rings. The van der Waals surface area contributed by atoms with Crippen LogP contribution in [0.3, 0.4) is 0 Å². The molecule has 0 saturated heterocycles. The molecule has 0 bridgehead atoms. The number of hydrogen-bond donors (Lipinski definition) is 1. The molecule has 1 N–H and O–H groups in total. The second-order valence-corrected chi connectivity index (χ2v) is 8.61. The molecule has 0 aliphatic carbocycles. The van der Waals surface area contributed by atoms with E-state index in [4.69, 9.17) is 4.74 Å². The predicted octanol–water partition coefficient (Wildman–Crippen LogP) is 3.75. The number of anilines is 1. The number of nitrogens with zero attached hydrogens (tertiary/aromatic N) is 1. The third kappa shape index (κ3) is 4.65. The Morgan fingerprint density at radius 2 is 1.71 bits per heavy atom. The summed E-state index contributed by atoms with van der Waals surface area (Å²) in [5.41, 5.74) is 1.75. The molecule has 0 aromatic heterocycles. The monoisotopic (exact) mass is 404 g/mol. The molecule has 0 atom stereocenters. The summed E-state index contributed by atoms with van der Waals surface area (Å²) in [4.78, 5) is 12.6. The van der Waals surface area contributed by atoms with E-state index in [1.165, 1.54) is 30.6 Å². The highest BCUT2D eigenvalue weighted by Crippen LogP contribution is 2.27. The molecule has 2 rings (SSSR count). The van der Waals surface area contributed by atoms with E-state index in [0.29, 0.717) is 22.6 Å². The fourth-order valence-electron chi connectivity index (χ4n) is 2.95. The maximum absolute atomic E-state index is 12.9. The smallest absolute Gasteiger partial charge is 0.264 e. The van der Waals surface area contributed by atoms with Crippen LogP contribution < -0.4 is 14.4 Å². The number of rotatable bonds is 8. The van der Waals surface area contributed by atoms with Crippen LogP contribution in [-0.2, 0) is 10.0 Å². The first-order valence-electron chi connectivity index (χ1n) is 9.29. The van der Waals surface area contributed by atoms with Gasteiger partial charge in [-0.25, -0.2) is 8.42 Å². The van der Waals surface area contributed by atoms with Gasteiger partial charge in [0.05, 0.1) is 17.7 Å². The molecule has 0 spiro atoms. The fraction of sp³-hybridized carbons (Fsp3) is 0.381. The number of benzene rings is 2. The lowest BCUT2D eigenvalue weighted by molar-refractivity contribution is 0.0935. The number of aryl methyl sites for hydroxylation is 1. The molecule has 0 fully saturated rings. The largest absolute Gasteiger partial charge is 0.497 e. The molecule has 0 radical (unpaired) electrons. The second-order valence-electron chi connectivity index (χ2n) is 6.64. The van der Waals surface area contributed by atoms with Crippen molar-refractivity contribution in [1.29, 1.82) is 0 Å². The summed E-state index contributed by atoms with van der Waals surface area (Å²) >= 11 is 0. The Bertz CT molecular complexity index is 920. The van der Waals surface area contributed by atoms with E-state index in [-0.39, 0.29) is 16.8 Å². The van der Waals surface area contributed by atoms with Crippen molar-refractivity contribution in [3.63, 3.8) is 0 Å². The first-order chi connectivity index (χ1) is 13.2. The molecule has 0 aliphatic heterocycles. The van der Waals surface area contributed by atoms with Gasteiger partial charge in [0, 0.05) is 18.7 Å². The van der Waals surface area contributed by atoms with Crippen molar-refractivity contribution >= 4 is 21.6 Å². The summed E-state index contributed by atoms with van der Waals surface area (Å²) in [6, 6.07) is 11.4. The molecule has 6 nitrogen and oxygen atoms in total. The van der Waals surface area contributed by atoms with Gasteiger partial charge in [-0.05, 0) is 67.8 Å². The zero-order chi connectivity index (χ0) is 20.9. The minimum Gasteiger partial charge on any atom is -0.497 e. The standard InChI is InChI=1S/C21H28N2O4S/c1-6-17(7-2)22-21(24)16-8-13-20(15(3)14-16)23(4)28(25,26)19-11-9-18(27-5)10-12-19/h8-14,17H,6-7H2,1-5H3,(H,22,24). The van der Waals surface area contributed by atoms with E-state index < -0.39 is 10.0 Å². The van der Waals surface area contributed by atoms with Crippen molar-refractivity contribution in [1.82, 2.24) is 5.32 Å². The Morgan fingerprint density at radius 3 is 2.21 bits per heavy atom. The number of methoxy groups -OCH3 is 1. The van der Waals surface area contributed by atoms with E-state index in [2.05, 4.69) is 5.32 Å². The third-order valence-electron chi connectivity index (χ3n) is 4.84. The third-order valence-corrected chi connectivity index (χ3v) is 6.62. The molecule has 1 amide bonds. The van der Waals surface area contributed by atoms with Crippen molar-refractivity contribution in [3.8, 4) is 5.75 Å². The van der Waals surface area contributed by atoms with Crippen LogP contribution in [-0.4, -0.2) is 34.5 Å². The van der Waals surface area contributed by atoms with Gasteiger partial charge in [0.15, 0.2) is 0 Å². The van der Waals surface area contributed by atoms with Gasteiger partial charge in [0.25, 0.3) is 15.9 Å². The summed E-state index contributed by atoms with van der Waals surface area (Å²) in [6.45, 7) is 5.85. The van der Waals surface area contributed by atoms with Gasteiger partial charge < -0.3 is 10.1 Å². The highest BCUT2D eigenvalue weighted by atomic mass is 32.2. The van der Waals surface area contributed by atoms with Gasteiger partial charge in [0.2, 0.25) is 0 Å². The number of nitrogens with one attached hydrogen (secondary N) is 1. The normalized spacial score (nSPS) is 11.4. The first kappa shape index (κ1) is 21.8. The van der Waals surface area contributed by atoms with Crippen LogP contribution in [0, 0.1) is 6.92 Å². The van der Waals surface area contributed by atoms with E-state index in [1.54, 1.807) is 37.3 Å². The number of ether oxygens (including phenoxy) is 1. The van der Waals surface area contributed by atoms with Crippen molar-refractivity contribution in [2.45, 2.75) is 44.6 Å². The summed E-state index contributed by atoms with van der Waals surface area (Å²) in [5.74, 6) is 0.439. The topological polar surface area (TPSA) is 75.7 Å². The van der Waals surface area contributed by atoms with Gasteiger partial charge >= 0.3 is 0 Å². The molecule has 0 heterocycles. The molecule has 0 saturated carbocycles. The zero-order valence-corrected chi connectivity index (χ0v) is 17.8. The summed E-state index contributed by atoms with van der Waals surface area (Å²) in [5, 5.41) is 2.99. The highest BCUT2D eigenvalue weighted by Gasteiger charge is 2.23. The molecule has 2 aromatic carbocycles. The van der Waals surface area contributed by atoms with Crippen LogP contribution in [0.5, 0.6) is 5.75 Å². The highest BCUT2D eigenvalue weighted by molar-refractivity contribution is 7.92. The van der Waals surface area contributed by atoms with E-state index in [9.17, 15) is 13.2 Å². The minimum absolute atomic E-state index is 0.130. The zero-order valence-electron chi connectivity index (χ0n) is 17.0. The number of hydrogen-bond acceptors (Lipinski definition) is 4. The van der Waals surface area contributed by atoms with E-state index in [0.717, 1.165) is 12.8 Å². The lowest BCUT2D eigenvalue weighted by Crippen LogP contribution is -2.34. The molecule has 0 aliphatic rings. The molecule has 28 heavy (non-hydrogen) atoms. The van der Waals surface area contributed by atoms with Gasteiger partial charge in [-0.15, -0.1) is 0 Å². The van der Waals surface area contributed by atoms with Crippen molar-refractivity contribution < 1.29 is 17.9 Å². The quantitative estimate of drug-likeness (QED) is 0.727. The SMILES string of the molecule is CCC(CC)NC(=O)c1ccc(N(C)S(=O)(=O)c2ccc(OC)cc2)c(C)c1. The van der Waals surface area contributed by atoms with Crippen LogP contribution in [0.2, 0.25) is 0 Å². The maximum Gasteiger partial charge on any atom is 0.264 e. The maximum atomic E-state index is 12.9. The summed E-state index contributed by atoms with van der Waals surface area (Å²) < 4.78 is 32.2. The number of sulfonamides is 1. The van der Waals surface area contributed by atoms with Crippen LogP contribution >= 0.6 is 0 Å². The number of carbonyl (C=O) groups excluding carboxylic acids is 1. The van der Waals surface area contributed by atoms with Crippen LogP contribution in [0.15, 0.2) is 47.4 Å². The van der Waals surface area contributed by atoms with Crippen molar-refractivity contribution in [2.24, 2.45) is 0 Å². The molecular formula is C21H28N2O4S. The summed E-state index contributed by atoms with van der Waals surface area (Å²) in [7, 11) is -0.689. The molecule has 0 unspecified atom stereocenters.